The molecule has 1 unspecified atom stereocenters. The SMILES string of the molecule is CCCCCC(NC)c1sccc1CC. The van der Waals surface area contributed by atoms with Crippen molar-refractivity contribution < 1.29 is 0 Å². The van der Waals surface area contributed by atoms with Gasteiger partial charge >= 0.3 is 0 Å². The Morgan fingerprint density at radius 1 is 1.33 bits per heavy atom. The van der Waals surface area contributed by atoms with Crippen LogP contribution in [0, 0.1) is 0 Å². The van der Waals surface area contributed by atoms with Crippen LogP contribution < -0.4 is 5.32 Å². The van der Waals surface area contributed by atoms with Crippen molar-refractivity contribution in [1.82, 2.24) is 5.32 Å². The highest BCUT2D eigenvalue weighted by Crippen LogP contribution is 2.28. The minimum Gasteiger partial charge on any atom is -0.312 e. The quantitative estimate of drug-likeness (QED) is 0.687. The second-order valence-electron chi connectivity index (χ2n) is 4.00. The summed E-state index contributed by atoms with van der Waals surface area (Å²) in [7, 11) is 2.08. The predicted octanol–water partition coefficient (Wildman–Crippen LogP) is 4.15. The zero-order valence-corrected chi connectivity index (χ0v) is 11.0. The maximum atomic E-state index is 3.45. The summed E-state index contributed by atoms with van der Waals surface area (Å²) in [4.78, 5) is 1.55. The maximum Gasteiger partial charge on any atom is 0.0415 e. The van der Waals surface area contributed by atoms with Gasteiger partial charge in [-0.1, -0.05) is 33.1 Å². The molecule has 0 saturated carbocycles. The molecule has 0 fully saturated rings. The first-order valence-corrected chi connectivity index (χ1v) is 6.94. The molecule has 0 spiro atoms. The molecule has 1 N–H and O–H groups in total. The van der Waals surface area contributed by atoms with Gasteiger partial charge in [-0.05, 0) is 36.9 Å². The van der Waals surface area contributed by atoms with Gasteiger partial charge in [0, 0.05) is 10.9 Å². The van der Waals surface area contributed by atoms with E-state index in [-0.39, 0.29) is 0 Å². The van der Waals surface area contributed by atoms with Crippen molar-refractivity contribution in [2.75, 3.05) is 7.05 Å². The second kappa shape index (κ2) is 7.02. The summed E-state index contributed by atoms with van der Waals surface area (Å²) in [6.07, 6.45) is 6.43. The van der Waals surface area contributed by atoms with Crippen LogP contribution in [0.5, 0.6) is 0 Å². The van der Waals surface area contributed by atoms with E-state index in [0.717, 1.165) is 6.42 Å². The number of aryl methyl sites for hydroxylation is 1. The third-order valence-corrected chi connectivity index (χ3v) is 4.00. The van der Waals surface area contributed by atoms with Crippen LogP contribution >= 0.6 is 11.3 Å². The number of unbranched alkanes of at least 4 members (excludes halogenated alkanes) is 2. The first-order valence-electron chi connectivity index (χ1n) is 6.07. The number of hydrogen-bond acceptors (Lipinski definition) is 2. The van der Waals surface area contributed by atoms with E-state index in [0.29, 0.717) is 6.04 Å². The predicted molar refractivity (Wildman–Crippen MR) is 69.6 cm³/mol. The van der Waals surface area contributed by atoms with Crippen molar-refractivity contribution in [3.05, 3.63) is 21.9 Å². The normalized spacial score (nSPS) is 13.0. The Labute approximate surface area is 97.9 Å². The van der Waals surface area contributed by atoms with E-state index >= 15 is 0 Å². The molecule has 1 heterocycles. The largest absolute Gasteiger partial charge is 0.312 e. The Morgan fingerprint density at radius 2 is 2.13 bits per heavy atom. The number of nitrogens with one attached hydrogen (secondary N) is 1. The smallest absolute Gasteiger partial charge is 0.0415 e. The van der Waals surface area contributed by atoms with Crippen molar-refractivity contribution in [2.24, 2.45) is 0 Å². The molecule has 0 amide bonds. The van der Waals surface area contributed by atoms with Gasteiger partial charge in [0.05, 0.1) is 0 Å². The van der Waals surface area contributed by atoms with E-state index < -0.39 is 0 Å². The minimum atomic E-state index is 0.575. The van der Waals surface area contributed by atoms with Gasteiger partial charge in [0.25, 0.3) is 0 Å². The van der Waals surface area contributed by atoms with Crippen molar-refractivity contribution in [3.63, 3.8) is 0 Å². The van der Waals surface area contributed by atoms with Crippen molar-refractivity contribution in [1.29, 1.82) is 0 Å². The Balaban J connectivity index is 2.57. The molecule has 86 valence electrons. The van der Waals surface area contributed by atoms with Crippen LogP contribution in [0.25, 0.3) is 0 Å². The molecule has 1 atom stereocenters. The summed E-state index contributed by atoms with van der Waals surface area (Å²) in [6.45, 7) is 4.50. The van der Waals surface area contributed by atoms with Crippen molar-refractivity contribution in [2.45, 2.75) is 52.0 Å². The third kappa shape index (κ3) is 3.62. The van der Waals surface area contributed by atoms with Crippen molar-refractivity contribution >= 4 is 11.3 Å². The van der Waals surface area contributed by atoms with E-state index in [1.165, 1.54) is 31.2 Å². The Bertz CT molecular complexity index is 267. The van der Waals surface area contributed by atoms with E-state index in [1.807, 2.05) is 11.3 Å². The van der Waals surface area contributed by atoms with Crippen LogP contribution in [0.4, 0.5) is 0 Å². The molecule has 2 heteroatoms. The van der Waals surface area contributed by atoms with Crippen LogP contribution in [0.2, 0.25) is 0 Å². The lowest BCUT2D eigenvalue weighted by Crippen LogP contribution is -2.16. The molecule has 0 aliphatic carbocycles. The molecule has 15 heavy (non-hydrogen) atoms. The van der Waals surface area contributed by atoms with E-state index in [1.54, 1.807) is 4.88 Å². The molecule has 0 radical (unpaired) electrons. The molecule has 0 saturated heterocycles. The zero-order chi connectivity index (χ0) is 11.1. The molecule has 0 aliphatic heterocycles. The molecule has 0 bridgehead atoms. The fourth-order valence-electron chi connectivity index (χ4n) is 1.95. The first-order chi connectivity index (χ1) is 7.33. The fourth-order valence-corrected chi connectivity index (χ4v) is 3.09. The summed E-state index contributed by atoms with van der Waals surface area (Å²) < 4.78 is 0. The van der Waals surface area contributed by atoms with Gasteiger partial charge in [-0.25, -0.2) is 0 Å². The van der Waals surface area contributed by atoms with Gasteiger partial charge in [0.15, 0.2) is 0 Å². The summed E-state index contributed by atoms with van der Waals surface area (Å²) in [5.41, 5.74) is 1.52. The molecule has 0 aliphatic rings. The van der Waals surface area contributed by atoms with E-state index in [9.17, 15) is 0 Å². The van der Waals surface area contributed by atoms with Crippen LogP contribution in [-0.2, 0) is 6.42 Å². The average Bonchev–Trinajstić information content (AvgIpc) is 2.72. The molecule has 1 nitrogen and oxygen atoms in total. The van der Waals surface area contributed by atoms with Crippen molar-refractivity contribution in [3.8, 4) is 0 Å². The molecular formula is C13H23NS. The lowest BCUT2D eigenvalue weighted by molar-refractivity contribution is 0.516. The highest BCUT2D eigenvalue weighted by Gasteiger charge is 2.13. The molecular weight excluding hydrogens is 202 g/mol. The Hall–Kier alpha value is -0.340. The van der Waals surface area contributed by atoms with Gasteiger partial charge in [0.1, 0.15) is 0 Å². The minimum absolute atomic E-state index is 0.575. The lowest BCUT2D eigenvalue weighted by atomic mass is 10.0. The maximum absolute atomic E-state index is 3.45. The molecule has 1 aromatic rings. The van der Waals surface area contributed by atoms with Crippen LogP contribution in [-0.4, -0.2) is 7.05 Å². The van der Waals surface area contributed by atoms with Crippen LogP contribution in [0.3, 0.4) is 0 Å². The number of hydrogen-bond donors (Lipinski definition) is 1. The Kier molecular flexibility index (Phi) is 5.96. The summed E-state index contributed by atoms with van der Waals surface area (Å²) in [5.74, 6) is 0. The molecule has 1 rings (SSSR count). The number of rotatable bonds is 7. The fraction of sp³-hybridized carbons (Fsp3) is 0.692. The molecule has 0 aromatic carbocycles. The zero-order valence-electron chi connectivity index (χ0n) is 10.2. The summed E-state index contributed by atoms with van der Waals surface area (Å²) >= 11 is 1.90. The standard InChI is InChI=1S/C13H23NS/c1-4-6-7-8-12(14-3)13-11(5-2)9-10-15-13/h9-10,12,14H,4-8H2,1-3H3. The highest BCUT2D eigenvalue weighted by atomic mass is 32.1. The summed E-state index contributed by atoms with van der Waals surface area (Å²) in [6, 6.07) is 2.84. The van der Waals surface area contributed by atoms with Gasteiger partial charge in [-0.3, -0.25) is 0 Å². The third-order valence-electron chi connectivity index (χ3n) is 2.92. The number of thiophene rings is 1. The van der Waals surface area contributed by atoms with E-state index in [2.05, 4.69) is 37.7 Å². The van der Waals surface area contributed by atoms with Crippen LogP contribution in [0.1, 0.15) is 56.0 Å². The van der Waals surface area contributed by atoms with E-state index in [4.69, 9.17) is 0 Å². The monoisotopic (exact) mass is 225 g/mol. The average molecular weight is 225 g/mol. The van der Waals surface area contributed by atoms with Crippen LogP contribution in [0.15, 0.2) is 11.4 Å². The van der Waals surface area contributed by atoms with Gasteiger partial charge in [-0.2, -0.15) is 0 Å². The highest BCUT2D eigenvalue weighted by molar-refractivity contribution is 7.10. The Morgan fingerprint density at radius 3 is 2.73 bits per heavy atom. The van der Waals surface area contributed by atoms with Gasteiger partial charge in [-0.15, -0.1) is 11.3 Å². The molecule has 1 aromatic heterocycles. The lowest BCUT2D eigenvalue weighted by Gasteiger charge is -2.16. The second-order valence-corrected chi connectivity index (χ2v) is 4.95. The first kappa shape index (κ1) is 12.7. The summed E-state index contributed by atoms with van der Waals surface area (Å²) in [5, 5.41) is 5.67. The van der Waals surface area contributed by atoms with Gasteiger partial charge in [0.2, 0.25) is 0 Å². The van der Waals surface area contributed by atoms with Gasteiger partial charge < -0.3 is 5.32 Å². The topological polar surface area (TPSA) is 12.0 Å².